The summed E-state index contributed by atoms with van der Waals surface area (Å²) < 4.78 is 60.0. The van der Waals surface area contributed by atoms with Crippen molar-refractivity contribution < 1.29 is 31.3 Å². The monoisotopic (exact) mass is 271 g/mol. The van der Waals surface area contributed by atoms with Gasteiger partial charge in [0.25, 0.3) is 0 Å². The molecule has 1 saturated carbocycles. The fourth-order valence-electron chi connectivity index (χ4n) is 1.73. The summed E-state index contributed by atoms with van der Waals surface area (Å²) in [7, 11) is -6.01. The zero-order valence-electron chi connectivity index (χ0n) is 9.03. The zero-order valence-corrected chi connectivity index (χ0v) is 9.84. The molecule has 8 heteroatoms. The second-order valence-electron chi connectivity index (χ2n) is 4.07. The van der Waals surface area contributed by atoms with Gasteiger partial charge in [-0.15, -0.1) is 0 Å². The van der Waals surface area contributed by atoms with E-state index in [0.717, 1.165) is 32.1 Å². The summed E-state index contributed by atoms with van der Waals surface area (Å²) in [6.45, 7) is -0.260. The molecule has 0 aromatic carbocycles. The van der Waals surface area contributed by atoms with Crippen LogP contribution in [0.5, 0.6) is 0 Å². The van der Waals surface area contributed by atoms with Crippen molar-refractivity contribution in [1.82, 2.24) is 0 Å². The van der Waals surface area contributed by atoms with Crippen molar-refractivity contribution in [1.29, 1.82) is 0 Å². The van der Waals surface area contributed by atoms with Gasteiger partial charge in [0.05, 0.1) is 6.61 Å². The first-order valence-corrected chi connectivity index (χ1v) is 6.66. The molecule has 5 nitrogen and oxygen atoms in total. The number of carbonyl (C=O) groups is 1. The van der Waals surface area contributed by atoms with E-state index in [0.29, 0.717) is 0 Å². The molecule has 1 aliphatic carbocycles. The predicted molar refractivity (Wildman–Crippen MR) is 52.2 cm³/mol. The normalized spacial score (nSPS) is 19.0. The Balaban J connectivity index is 2.49. The van der Waals surface area contributed by atoms with Gasteiger partial charge in [0.1, 0.15) is 0 Å². The molecule has 1 aliphatic rings. The Bertz CT molecular complexity index is 373. The first kappa shape index (κ1) is 14.3. The molecule has 100 valence electrons. The fourth-order valence-corrected chi connectivity index (χ4v) is 2.00. The van der Waals surface area contributed by atoms with Gasteiger partial charge in [0.15, 0.2) is 10.1 Å². The van der Waals surface area contributed by atoms with Crippen molar-refractivity contribution in [2.75, 3.05) is 6.61 Å². The van der Waals surface area contributed by atoms with E-state index in [1.54, 1.807) is 0 Å². The summed E-state index contributed by atoms with van der Waals surface area (Å²) in [6.07, 6.45) is 4.42. The molecule has 0 heterocycles. The summed E-state index contributed by atoms with van der Waals surface area (Å²) in [5.41, 5.74) is 0. The van der Waals surface area contributed by atoms with Crippen LogP contribution >= 0.6 is 0 Å². The highest BCUT2D eigenvalue weighted by Gasteiger charge is 2.48. The topological polar surface area (TPSA) is 83.5 Å². The molecule has 0 bridgehead atoms. The highest BCUT2D eigenvalue weighted by molar-refractivity contribution is 7.87. The van der Waals surface area contributed by atoms with Crippen molar-refractivity contribution in [3.8, 4) is 0 Å². The molecule has 0 aromatic heterocycles. The van der Waals surface area contributed by atoms with Gasteiger partial charge in [0, 0.05) is 0 Å². The van der Waals surface area contributed by atoms with E-state index in [1.807, 2.05) is 0 Å². The van der Waals surface area contributed by atoms with E-state index in [4.69, 9.17) is 0 Å². The molecule has 0 amide bonds. The number of alkyl halides is 2. The lowest BCUT2D eigenvalue weighted by molar-refractivity contribution is -0.163. The quantitative estimate of drug-likeness (QED) is 0.567. The maximum absolute atomic E-state index is 12.7. The second kappa shape index (κ2) is 5.26. The van der Waals surface area contributed by atoms with Crippen molar-refractivity contribution in [2.24, 2.45) is 5.92 Å². The number of rotatable bonds is 4. The Morgan fingerprint density at radius 2 is 1.82 bits per heavy atom. The fraction of sp³-hybridized carbons (Fsp3) is 0.889. The van der Waals surface area contributed by atoms with Crippen LogP contribution in [0, 0.1) is 5.92 Å². The van der Waals surface area contributed by atoms with Crippen LogP contribution in [0.25, 0.3) is 0 Å². The minimum atomic E-state index is -6.01. The molecule has 0 radical (unpaired) electrons. The third kappa shape index (κ3) is 3.60. The van der Waals surface area contributed by atoms with E-state index in [-0.39, 0.29) is 12.5 Å². The van der Waals surface area contributed by atoms with E-state index in [1.165, 1.54) is 0 Å². The molecule has 0 aromatic rings. The van der Waals surface area contributed by atoms with Crippen LogP contribution in [0.3, 0.4) is 0 Å². The van der Waals surface area contributed by atoms with Gasteiger partial charge in [-0.1, -0.05) is 19.3 Å². The first-order valence-electron chi connectivity index (χ1n) is 5.25. The van der Waals surface area contributed by atoms with Crippen molar-refractivity contribution >= 4 is 16.1 Å². The zero-order chi connectivity index (χ0) is 13.1. The molecular formula is C9H13F2O5S-. The maximum atomic E-state index is 12.7. The van der Waals surface area contributed by atoms with Crippen LogP contribution in [0.2, 0.25) is 0 Å². The SMILES string of the molecule is O=C(OCC1CCCCC1)C(F)(F)S(=O)(=O)[O-]. The number of carbonyl (C=O) groups excluding carboxylic acids is 1. The molecule has 0 atom stereocenters. The Morgan fingerprint density at radius 3 is 2.29 bits per heavy atom. The lowest BCUT2D eigenvalue weighted by Crippen LogP contribution is -2.39. The van der Waals surface area contributed by atoms with Gasteiger partial charge in [-0.3, -0.25) is 0 Å². The average molecular weight is 271 g/mol. The van der Waals surface area contributed by atoms with Gasteiger partial charge < -0.3 is 9.29 Å². The van der Waals surface area contributed by atoms with Crippen LogP contribution in [0.15, 0.2) is 0 Å². The van der Waals surface area contributed by atoms with Gasteiger partial charge >= 0.3 is 11.2 Å². The summed E-state index contributed by atoms with van der Waals surface area (Å²) in [5, 5.41) is -5.00. The molecular weight excluding hydrogens is 258 g/mol. The summed E-state index contributed by atoms with van der Waals surface area (Å²) in [5.74, 6) is -2.31. The Labute approximate surface area is 97.9 Å². The second-order valence-corrected chi connectivity index (χ2v) is 5.49. The van der Waals surface area contributed by atoms with E-state index < -0.39 is 21.3 Å². The number of halogens is 2. The van der Waals surface area contributed by atoms with Crippen LogP contribution in [-0.4, -0.2) is 30.8 Å². The van der Waals surface area contributed by atoms with Crippen molar-refractivity contribution in [2.45, 2.75) is 37.4 Å². The van der Waals surface area contributed by atoms with Gasteiger partial charge in [-0.05, 0) is 18.8 Å². The lowest BCUT2D eigenvalue weighted by atomic mass is 9.90. The smallest absolute Gasteiger partial charge is 0.428 e. The molecule has 0 N–H and O–H groups in total. The molecule has 1 fully saturated rings. The lowest BCUT2D eigenvalue weighted by Gasteiger charge is -2.23. The Hall–Kier alpha value is -0.760. The van der Waals surface area contributed by atoms with Crippen LogP contribution < -0.4 is 0 Å². The molecule has 0 aliphatic heterocycles. The number of hydrogen-bond acceptors (Lipinski definition) is 5. The molecule has 0 saturated heterocycles. The van der Waals surface area contributed by atoms with E-state index in [9.17, 15) is 26.5 Å². The predicted octanol–water partition coefficient (Wildman–Crippen LogP) is 1.25. The van der Waals surface area contributed by atoms with Gasteiger partial charge in [0.2, 0.25) is 0 Å². The molecule has 17 heavy (non-hydrogen) atoms. The summed E-state index contributed by atoms with van der Waals surface area (Å²) in [4.78, 5) is 10.8. The number of esters is 1. The third-order valence-electron chi connectivity index (χ3n) is 2.73. The van der Waals surface area contributed by atoms with Gasteiger partial charge in [-0.2, -0.15) is 8.78 Å². The minimum Gasteiger partial charge on any atom is -0.743 e. The van der Waals surface area contributed by atoms with Crippen LogP contribution in [0.4, 0.5) is 8.78 Å². The number of hydrogen-bond donors (Lipinski definition) is 0. The molecule has 0 spiro atoms. The molecule has 1 rings (SSSR count). The Kier molecular flexibility index (Phi) is 4.42. The summed E-state index contributed by atoms with van der Waals surface area (Å²) in [6, 6.07) is 0. The van der Waals surface area contributed by atoms with Crippen LogP contribution in [-0.2, 0) is 19.6 Å². The first-order chi connectivity index (χ1) is 7.75. The minimum absolute atomic E-state index is 0.0298. The highest BCUT2D eigenvalue weighted by atomic mass is 32.2. The average Bonchev–Trinajstić information content (AvgIpc) is 2.25. The summed E-state index contributed by atoms with van der Waals surface area (Å²) >= 11 is 0. The Morgan fingerprint density at radius 1 is 1.29 bits per heavy atom. The largest absolute Gasteiger partial charge is 0.743 e. The van der Waals surface area contributed by atoms with Crippen LogP contribution in [0.1, 0.15) is 32.1 Å². The number of ether oxygens (including phenoxy) is 1. The third-order valence-corrected chi connectivity index (χ3v) is 3.52. The maximum Gasteiger partial charge on any atom is 0.428 e. The van der Waals surface area contributed by atoms with E-state index in [2.05, 4.69) is 4.74 Å². The van der Waals surface area contributed by atoms with Crippen molar-refractivity contribution in [3.05, 3.63) is 0 Å². The highest BCUT2D eigenvalue weighted by Crippen LogP contribution is 2.26. The standard InChI is InChI=1S/C9H14F2O5S/c10-9(11,17(13,14)15)8(12)16-6-7-4-2-1-3-5-7/h7H,1-6H2,(H,13,14,15)/p-1. The van der Waals surface area contributed by atoms with Gasteiger partial charge in [-0.25, -0.2) is 13.2 Å². The van der Waals surface area contributed by atoms with E-state index >= 15 is 0 Å². The van der Waals surface area contributed by atoms with Crippen molar-refractivity contribution in [3.63, 3.8) is 0 Å². The molecule has 0 unspecified atom stereocenters.